The molecule has 4 heteroatoms. The smallest absolute Gasteiger partial charge is 0.307 e. The summed E-state index contributed by atoms with van der Waals surface area (Å²) < 4.78 is 0. The average Bonchev–Trinajstić information content (AvgIpc) is 2.37. The van der Waals surface area contributed by atoms with Gasteiger partial charge in [0.1, 0.15) is 0 Å². The van der Waals surface area contributed by atoms with Crippen LogP contribution in [0.25, 0.3) is 0 Å². The molecule has 98 valence electrons. The Morgan fingerprint density at radius 2 is 1.67 bits per heavy atom. The van der Waals surface area contributed by atoms with Crippen molar-refractivity contribution in [3.63, 3.8) is 0 Å². The first-order valence-corrected chi connectivity index (χ1v) is 6.00. The van der Waals surface area contributed by atoms with Crippen molar-refractivity contribution in [2.75, 3.05) is 13.1 Å². The number of carbonyl (C=O) groups excluding carboxylic acids is 1. The van der Waals surface area contributed by atoms with Crippen molar-refractivity contribution >= 4 is 11.9 Å². The SMILES string of the molecule is C=CCN(CC=C)C(=O)[C@@H]1CC=CC[C@H]1C(=O)O. The van der Waals surface area contributed by atoms with Crippen LogP contribution in [0.2, 0.25) is 0 Å². The van der Waals surface area contributed by atoms with Crippen LogP contribution >= 0.6 is 0 Å². The first-order chi connectivity index (χ1) is 8.61. The van der Waals surface area contributed by atoms with Gasteiger partial charge in [0.05, 0.1) is 11.8 Å². The number of carboxylic acids is 1. The number of hydrogen-bond donors (Lipinski definition) is 1. The summed E-state index contributed by atoms with van der Waals surface area (Å²) in [7, 11) is 0. The lowest BCUT2D eigenvalue weighted by Gasteiger charge is -2.29. The van der Waals surface area contributed by atoms with Crippen LogP contribution in [0.3, 0.4) is 0 Å². The van der Waals surface area contributed by atoms with E-state index in [0.29, 0.717) is 25.9 Å². The molecule has 0 unspecified atom stereocenters. The number of nitrogens with zero attached hydrogens (tertiary/aromatic N) is 1. The van der Waals surface area contributed by atoms with Crippen molar-refractivity contribution < 1.29 is 14.7 Å². The number of carboxylic acid groups (broad SMARTS) is 1. The fraction of sp³-hybridized carbons (Fsp3) is 0.429. The zero-order chi connectivity index (χ0) is 13.5. The van der Waals surface area contributed by atoms with Crippen LogP contribution in [0.1, 0.15) is 12.8 Å². The Labute approximate surface area is 107 Å². The maximum absolute atomic E-state index is 12.3. The Bertz CT molecular complexity index is 363. The standard InChI is InChI=1S/C14H19NO3/c1-3-9-15(10-4-2)13(16)11-7-5-6-8-12(11)14(17)18/h3-6,11-12H,1-2,7-10H2,(H,17,18)/t11-,12-/m1/s1. The molecular formula is C14H19NO3. The minimum Gasteiger partial charge on any atom is -0.481 e. The van der Waals surface area contributed by atoms with E-state index in [4.69, 9.17) is 5.11 Å². The fourth-order valence-electron chi connectivity index (χ4n) is 2.16. The molecule has 1 aliphatic carbocycles. The molecule has 18 heavy (non-hydrogen) atoms. The molecule has 0 bridgehead atoms. The van der Waals surface area contributed by atoms with Gasteiger partial charge in [-0.3, -0.25) is 9.59 Å². The van der Waals surface area contributed by atoms with Crippen LogP contribution in [0.5, 0.6) is 0 Å². The zero-order valence-corrected chi connectivity index (χ0v) is 10.4. The summed E-state index contributed by atoms with van der Waals surface area (Å²) in [6.45, 7) is 8.04. The number of carbonyl (C=O) groups is 2. The van der Waals surface area contributed by atoms with Crippen LogP contribution in [0.4, 0.5) is 0 Å². The number of allylic oxidation sites excluding steroid dienone is 2. The van der Waals surface area contributed by atoms with Gasteiger partial charge in [-0.05, 0) is 12.8 Å². The summed E-state index contributed by atoms with van der Waals surface area (Å²) in [4.78, 5) is 25.1. The van der Waals surface area contributed by atoms with Crippen molar-refractivity contribution in [3.05, 3.63) is 37.5 Å². The molecule has 1 N–H and O–H groups in total. The fourth-order valence-corrected chi connectivity index (χ4v) is 2.16. The molecule has 1 amide bonds. The predicted molar refractivity (Wildman–Crippen MR) is 70.0 cm³/mol. The van der Waals surface area contributed by atoms with Gasteiger partial charge >= 0.3 is 5.97 Å². The summed E-state index contributed by atoms with van der Waals surface area (Å²) in [5.74, 6) is -2.14. The second-order valence-corrected chi connectivity index (χ2v) is 4.31. The summed E-state index contributed by atoms with van der Waals surface area (Å²) >= 11 is 0. The highest BCUT2D eigenvalue weighted by Crippen LogP contribution is 2.27. The van der Waals surface area contributed by atoms with Crippen LogP contribution in [0.15, 0.2) is 37.5 Å². The zero-order valence-electron chi connectivity index (χ0n) is 10.4. The Balaban J connectivity index is 2.84. The third-order valence-electron chi connectivity index (χ3n) is 3.08. The minimum absolute atomic E-state index is 0.133. The molecule has 1 rings (SSSR count). The quantitative estimate of drug-likeness (QED) is 0.731. The highest BCUT2D eigenvalue weighted by Gasteiger charge is 2.35. The molecule has 0 aromatic rings. The van der Waals surface area contributed by atoms with Gasteiger partial charge in [-0.25, -0.2) is 0 Å². The van der Waals surface area contributed by atoms with Gasteiger partial charge in [-0.1, -0.05) is 24.3 Å². The number of amides is 1. The van der Waals surface area contributed by atoms with Crippen LogP contribution in [-0.2, 0) is 9.59 Å². The molecule has 0 saturated carbocycles. The number of rotatable bonds is 6. The summed E-state index contributed by atoms with van der Waals surface area (Å²) in [6, 6.07) is 0. The predicted octanol–water partition coefficient (Wildman–Crippen LogP) is 1.85. The van der Waals surface area contributed by atoms with E-state index in [2.05, 4.69) is 13.2 Å². The molecule has 0 aromatic carbocycles. The van der Waals surface area contributed by atoms with Gasteiger partial charge in [0.15, 0.2) is 0 Å². The first-order valence-electron chi connectivity index (χ1n) is 6.00. The second-order valence-electron chi connectivity index (χ2n) is 4.31. The first kappa shape index (κ1) is 14.2. The van der Waals surface area contributed by atoms with Gasteiger partial charge < -0.3 is 10.0 Å². The van der Waals surface area contributed by atoms with Gasteiger partial charge in [-0.15, -0.1) is 13.2 Å². The third kappa shape index (κ3) is 3.32. The Kier molecular flexibility index (Phi) is 5.36. The lowest BCUT2D eigenvalue weighted by molar-refractivity contribution is -0.150. The van der Waals surface area contributed by atoms with E-state index in [-0.39, 0.29) is 5.91 Å². The third-order valence-corrected chi connectivity index (χ3v) is 3.08. The van der Waals surface area contributed by atoms with Crippen molar-refractivity contribution in [1.82, 2.24) is 4.90 Å². The lowest BCUT2D eigenvalue weighted by Crippen LogP contribution is -2.42. The highest BCUT2D eigenvalue weighted by atomic mass is 16.4. The molecule has 0 aliphatic heterocycles. The Hall–Kier alpha value is -1.84. The van der Waals surface area contributed by atoms with Gasteiger partial charge in [0.2, 0.25) is 5.91 Å². The van der Waals surface area contributed by atoms with Crippen molar-refractivity contribution in [2.45, 2.75) is 12.8 Å². The molecule has 0 aromatic heterocycles. The average molecular weight is 249 g/mol. The van der Waals surface area contributed by atoms with E-state index in [1.54, 1.807) is 17.1 Å². The molecule has 4 nitrogen and oxygen atoms in total. The highest BCUT2D eigenvalue weighted by molar-refractivity contribution is 5.85. The maximum Gasteiger partial charge on any atom is 0.307 e. The molecule has 0 fully saturated rings. The van der Waals surface area contributed by atoms with Crippen molar-refractivity contribution in [1.29, 1.82) is 0 Å². The van der Waals surface area contributed by atoms with E-state index >= 15 is 0 Å². The van der Waals surface area contributed by atoms with Crippen molar-refractivity contribution in [2.24, 2.45) is 11.8 Å². The topological polar surface area (TPSA) is 57.6 Å². The maximum atomic E-state index is 12.3. The van der Waals surface area contributed by atoms with E-state index in [1.807, 2.05) is 12.2 Å². The molecule has 2 atom stereocenters. The second kappa shape index (κ2) is 6.79. The van der Waals surface area contributed by atoms with Crippen LogP contribution in [0, 0.1) is 11.8 Å². The summed E-state index contributed by atoms with van der Waals surface area (Å²) in [6.07, 6.45) is 7.88. The molecule has 0 heterocycles. The number of hydrogen-bond acceptors (Lipinski definition) is 2. The van der Waals surface area contributed by atoms with Crippen LogP contribution in [-0.4, -0.2) is 35.0 Å². The largest absolute Gasteiger partial charge is 0.481 e. The van der Waals surface area contributed by atoms with E-state index < -0.39 is 17.8 Å². The Morgan fingerprint density at radius 1 is 1.17 bits per heavy atom. The van der Waals surface area contributed by atoms with Gasteiger partial charge in [0, 0.05) is 13.1 Å². The Morgan fingerprint density at radius 3 is 2.11 bits per heavy atom. The minimum atomic E-state index is -0.908. The lowest BCUT2D eigenvalue weighted by atomic mass is 9.82. The molecule has 1 aliphatic rings. The molecule has 0 spiro atoms. The van der Waals surface area contributed by atoms with Gasteiger partial charge in [0.25, 0.3) is 0 Å². The summed E-state index contributed by atoms with van der Waals surface area (Å²) in [5.41, 5.74) is 0. The summed E-state index contributed by atoms with van der Waals surface area (Å²) in [5, 5.41) is 9.15. The van der Waals surface area contributed by atoms with E-state index in [1.165, 1.54) is 0 Å². The van der Waals surface area contributed by atoms with E-state index in [9.17, 15) is 9.59 Å². The van der Waals surface area contributed by atoms with Crippen LogP contribution < -0.4 is 0 Å². The molecular weight excluding hydrogens is 230 g/mol. The van der Waals surface area contributed by atoms with Gasteiger partial charge in [-0.2, -0.15) is 0 Å². The number of aliphatic carboxylic acids is 1. The monoisotopic (exact) mass is 249 g/mol. The molecule has 0 saturated heterocycles. The van der Waals surface area contributed by atoms with E-state index in [0.717, 1.165) is 0 Å². The molecule has 0 radical (unpaired) electrons. The normalized spacial score (nSPS) is 22.2. The van der Waals surface area contributed by atoms with Crippen molar-refractivity contribution in [3.8, 4) is 0 Å².